The summed E-state index contributed by atoms with van der Waals surface area (Å²) in [5.74, 6) is 0.0602. The van der Waals surface area contributed by atoms with Gasteiger partial charge in [-0.25, -0.2) is 8.42 Å². The smallest absolute Gasteiger partial charge is 0.166 e. The molecule has 0 fully saturated rings. The fourth-order valence-electron chi connectivity index (χ4n) is 1.51. The minimum atomic E-state index is -3.22. The van der Waals surface area contributed by atoms with Gasteiger partial charge in [-0.1, -0.05) is 0 Å². The van der Waals surface area contributed by atoms with Crippen molar-refractivity contribution in [2.24, 2.45) is 0 Å². The van der Waals surface area contributed by atoms with Gasteiger partial charge in [-0.05, 0) is 32.0 Å². The maximum atomic E-state index is 12.0. The monoisotopic (exact) mass is 285 g/mol. The maximum absolute atomic E-state index is 12.0. The molecule has 1 aromatic rings. The van der Waals surface area contributed by atoms with Gasteiger partial charge in [-0.2, -0.15) is 0 Å². The number of sulfone groups is 1. The molecule has 0 aromatic heterocycles. The molecule has 0 amide bonds. The van der Waals surface area contributed by atoms with E-state index in [1.54, 1.807) is 26.0 Å². The number of anilines is 1. The van der Waals surface area contributed by atoms with Crippen molar-refractivity contribution >= 4 is 21.3 Å². The Morgan fingerprint density at radius 1 is 1.37 bits per heavy atom. The molecule has 0 atom stereocenters. The first-order valence-corrected chi connectivity index (χ1v) is 7.67. The van der Waals surface area contributed by atoms with Crippen molar-refractivity contribution in [3.05, 3.63) is 23.8 Å². The number of Topliss-reactive ketones (excluding diaryl/α,β-unsaturated/α-hetero) is 1. The molecule has 0 radical (unpaired) electrons. The Kier molecular flexibility index (Phi) is 4.94. The quantitative estimate of drug-likeness (QED) is 0.634. The molecule has 0 aliphatic rings. The molecule has 1 rings (SSSR count). The fraction of sp³-hybridized carbons (Fsp3) is 0.462. The average Bonchev–Trinajstić information content (AvgIpc) is 2.36. The number of carbonyl (C=O) groups is 1. The number of hydrogen-bond donors (Lipinski definition) is 1. The van der Waals surface area contributed by atoms with Crippen LogP contribution in [0.4, 0.5) is 5.69 Å². The molecule has 6 heteroatoms. The molecule has 0 unspecified atom stereocenters. The van der Waals surface area contributed by atoms with Crippen molar-refractivity contribution in [1.29, 1.82) is 0 Å². The molecule has 0 saturated heterocycles. The molecule has 0 heterocycles. The van der Waals surface area contributed by atoms with Gasteiger partial charge < -0.3 is 10.5 Å². The van der Waals surface area contributed by atoms with E-state index in [4.69, 9.17) is 10.5 Å². The average molecular weight is 285 g/mol. The van der Waals surface area contributed by atoms with Crippen molar-refractivity contribution < 1.29 is 17.9 Å². The number of rotatable bonds is 6. The first-order valence-electron chi connectivity index (χ1n) is 5.96. The van der Waals surface area contributed by atoms with E-state index in [-0.39, 0.29) is 18.0 Å². The molecule has 0 saturated carbocycles. The van der Waals surface area contributed by atoms with E-state index in [2.05, 4.69) is 0 Å². The van der Waals surface area contributed by atoms with Crippen LogP contribution in [0.15, 0.2) is 18.2 Å². The molecular formula is C13H19NO4S. The van der Waals surface area contributed by atoms with E-state index in [0.29, 0.717) is 17.0 Å². The fourth-order valence-corrected chi connectivity index (χ4v) is 2.45. The molecular weight excluding hydrogens is 266 g/mol. The Labute approximate surface area is 113 Å². The lowest BCUT2D eigenvalue weighted by atomic mass is 10.1. The zero-order valence-electron chi connectivity index (χ0n) is 11.3. The minimum absolute atomic E-state index is 0.0715. The molecule has 5 nitrogen and oxygen atoms in total. The highest BCUT2D eigenvalue weighted by molar-refractivity contribution is 7.91. The molecule has 106 valence electrons. The van der Waals surface area contributed by atoms with Crippen molar-refractivity contribution in [1.82, 2.24) is 0 Å². The third-order valence-corrected chi connectivity index (χ3v) is 5.10. The van der Waals surface area contributed by atoms with Gasteiger partial charge in [0.05, 0.1) is 18.1 Å². The predicted molar refractivity (Wildman–Crippen MR) is 75.3 cm³/mol. The van der Waals surface area contributed by atoms with E-state index in [0.717, 1.165) is 0 Å². The van der Waals surface area contributed by atoms with Crippen LogP contribution in [-0.4, -0.2) is 32.3 Å². The second kappa shape index (κ2) is 6.06. The van der Waals surface area contributed by atoms with Gasteiger partial charge in [0, 0.05) is 17.7 Å². The second-order valence-corrected chi connectivity index (χ2v) is 7.22. The van der Waals surface area contributed by atoms with Gasteiger partial charge >= 0.3 is 0 Å². The number of carbonyl (C=O) groups excluding carboxylic acids is 1. The number of methoxy groups -OCH3 is 1. The number of nitrogens with two attached hydrogens (primary N) is 1. The zero-order chi connectivity index (χ0) is 14.6. The summed E-state index contributed by atoms with van der Waals surface area (Å²) in [6.45, 7) is 3.19. The largest absolute Gasteiger partial charge is 0.497 e. The van der Waals surface area contributed by atoms with Crippen LogP contribution in [0.2, 0.25) is 0 Å². The van der Waals surface area contributed by atoms with E-state index < -0.39 is 15.1 Å². The highest BCUT2D eigenvalue weighted by atomic mass is 32.2. The Hall–Kier alpha value is -1.56. The molecule has 0 aliphatic heterocycles. The Morgan fingerprint density at radius 2 is 2.00 bits per heavy atom. The Morgan fingerprint density at radius 3 is 2.53 bits per heavy atom. The summed E-state index contributed by atoms with van der Waals surface area (Å²) in [6.07, 6.45) is -0.0715. The summed E-state index contributed by atoms with van der Waals surface area (Å²) in [7, 11) is -1.73. The third kappa shape index (κ3) is 3.96. The lowest BCUT2D eigenvalue weighted by molar-refractivity contribution is 0.0989. The van der Waals surface area contributed by atoms with Crippen LogP contribution < -0.4 is 10.5 Å². The second-order valence-electron chi connectivity index (χ2n) is 4.54. The van der Waals surface area contributed by atoms with Crippen LogP contribution in [0.25, 0.3) is 0 Å². The number of ether oxygens (including phenoxy) is 1. The maximum Gasteiger partial charge on any atom is 0.166 e. The van der Waals surface area contributed by atoms with E-state index >= 15 is 0 Å². The van der Waals surface area contributed by atoms with Crippen LogP contribution in [0.1, 0.15) is 30.6 Å². The first kappa shape index (κ1) is 15.5. The summed E-state index contributed by atoms with van der Waals surface area (Å²) in [5.41, 5.74) is 6.35. The van der Waals surface area contributed by atoms with Gasteiger partial charge in [-0.15, -0.1) is 0 Å². The van der Waals surface area contributed by atoms with Crippen molar-refractivity contribution in [3.8, 4) is 5.75 Å². The lowest BCUT2D eigenvalue weighted by Crippen LogP contribution is -2.20. The van der Waals surface area contributed by atoms with Crippen LogP contribution in [-0.2, 0) is 9.84 Å². The molecule has 2 N–H and O–H groups in total. The van der Waals surface area contributed by atoms with E-state index in [1.165, 1.54) is 13.2 Å². The summed E-state index contributed by atoms with van der Waals surface area (Å²) >= 11 is 0. The van der Waals surface area contributed by atoms with E-state index in [1.807, 2.05) is 0 Å². The van der Waals surface area contributed by atoms with Gasteiger partial charge in [-0.3, -0.25) is 4.79 Å². The van der Waals surface area contributed by atoms with Crippen LogP contribution in [0, 0.1) is 0 Å². The van der Waals surface area contributed by atoms with E-state index in [9.17, 15) is 13.2 Å². The number of ketones is 1. The third-order valence-electron chi connectivity index (χ3n) is 2.89. The van der Waals surface area contributed by atoms with Crippen molar-refractivity contribution in [2.45, 2.75) is 25.5 Å². The minimum Gasteiger partial charge on any atom is -0.497 e. The molecule has 0 bridgehead atoms. The normalized spacial score (nSPS) is 11.6. The molecule has 0 aliphatic carbocycles. The molecule has 0 spiro atoms. The topological polar surface area (TPSA) is 86.5 Å². The molecule has 1 aromatic carbocycles. The van der Waals surface area contributed by atoms with Gasteiger partial charge in [0.1, 0.15) is 5.75 Å². The lowest BCUT2D eigenvalue weighted by Gasteiger charge is -2.09. The summed E-state index contributed by atoms with van der Waals surface area (Å²) in [4.78, 5) is 12.0. The highest BCUT2D eigenvalue weighted by Gasteiger charge is 2.19. The summed E-state index contributed by atoms with van der Waals surface area (Å²) in [5, 5.41) is -0.483. The Bertz CT molecular complexity index is 564. The van der Waals surface area contributed by atoms with Crippen LogP contribution in [0.3, 0.4) is 0 Å². The SMILES string of the molecule is COc1ccc(N)c(C(=O)CCS(=O)(=O)C(C)C)c1. The van der Waals surface area contributed by atoms with Crippen LogP contribution in [0.5, 0.6) is 5.75 Å². The highest BCUT2D eigenvalue weighted by Crippen LogP contribution is 2.21. The number of hydrogen-bond acceptors (Lipinski definition) is 5. The van der Waals surface area contributed by atoms with Crippen molar-refractivity contribution in [3.63, 3.8) is 0 Å². The number of nitrogen functional groups attached to an aromatic ring is 1. The molecule has 19 heavy (non-hydrogen) atoms. The number of benzene rings is 1. The van der Waals surface area contributed by atoms with Gasteiger partial charge in [0.2, 0.25) is 0 Å². The summed E-state index contributed by atoms with van der Waals surface area (Å²) < 4.78 is 28.3. The predicted octanol–water partition coefficient (Wildman–Crippen LogP) is 1.67. The van der Waals surface area contributed by atoms with Crippen molar-refractivity contribution in [2.75, 3.05) is 18.6 Å². The standard InChI is InChI=1S/C13H19NO4S/c1-9(2)19(16,17)7-6-13(15)11-8-10(18-3)4-5-12(11)14/h4-5,8-9H,6-7,14H2,1-3H3. The zero-order valence-corrected chi connectivity index (χ0v) is 12.2. The Balaban J connectivity index is 2.85. The van der Waals surface area contributed by atoms with Crippen LogP contribution >= 0.6 is 0 Å². The van der Waals surface area contributed by atoms with Gasteiger partial charge in [0.15, 0.2) is 15.6 Å². The summed E-state index contributed by atoms with van der Waals surface area (Å²) in [6, 6.07) is 4.75. The first-order chi connectivity index (χ1) is 8.77. The van der Waals surface area contributed by atoms with Gasteiger partial charge in [0.25, 0.3) is 0 Å².